The van der Waals surface area contributed by atoms with E-state index < -0.39 is 0 Å². The molecule has 0 saturated carbocycles. The maximum atomic E-state index is 13.6. The second-order valence-electron chi connectivity index (χ2n) is 11.9. The summed E-state index contributed by atoms with van der Waals surface area (Å²) >= 11 is 1.53. The first kappa shape index (κ1) is 27.6. The smallest absolute Gasteiger partial charge is 0.266 e. The van der Waals surface area contributed by atoms with Crippen molar-refractivity contribution in [3.05, 3.63) is 156 Å². The van der Waals surface area contributed by atoms with Crippen LogP contribution in [-0.4, -0.2) is 28.9 Å². The summed E-state index contributed by atoms with van der Waals surface area (Å²) < 4.78 is 4.88. The minimum atomic E-state index is -0.0513. The highest BCUT2D eigenvalue weighted by molar-refractivity contribution is 7.23. The molecule has 0 fully saturated rings. The van der Waals surface area contributed by atoms with Gasteiger partial charge < -0.3 is 0 Å². The van der Waals surface area contributed by atoms with Crippen molar-refractivity contribution in [3.8, 4) is 39.9 Å². The molecule has 10 aromatic rings. The van der Waals surface area contributed by atoms with E-state index in [0.29, 0.717) is 33.5 Å². The number of aromatic nitrogens is 6. The minimum Gasteiger partial charge on any atom is -0.278 e. The summed E-state index contributed by atoms with van der Waals surface area (Å²) in [5.74, 6) is 1.78. The molecule has 0 aliphatic rings. The van der Waals surface area contributed by atoms with Crippen LogP contribution in [0.5, 0.6) is 0 Å². The zero-order valence-electron chi connectivity index (χ0n) is 25.9. The van der Waals surface area contributed by atoms with Gasteiger partial charge in [-0.05, 0) is 53.6 Å². The number of hydrogen-bond donors (Lipinski definition) is 0. The Balaban J connectivity index is 1.18. The van der Waals surface area contributed by atoms with E-state index in [1.54, 1.807) is 4.40 Å². The lowest BCUT2D eigenvalue weighted by Gasteiger charge is -2.11. The summed E-state index contributed by atoms with van der Waals surface area (Å²) in [4.78, 5) is 34.1. The molecular weight excluding hydrogens is 625 g/mol. The number of nitrogens with zero attached hydrogens (tertiary/aromatic N) is 6. The molecule has 8 heteroatoms. The first-order valence-electron chi connectivity index (χ1n) is 15.9. The third-order valence-electron chi connectivity index (χ3n) is 9.04. The fourth-order valence-electron chi connectivity index (χ4n) is 6.71. The molecule has 4 aromatic heterocycles. The molecule has 0 saturated heterocycles. The Hall–Kier alpha value is -6.51. The van der Waals surface area contributed by atoms with E-state index in [0.717, 1.165) is 54.3 Å². The van der Waals surface area contributed by atoms with Crippen molar-refractivity contribution in [2.45, 2.75) is 0 Å². The number of thiazole rings is 1. The minimum absolute atomic E-state index is 0.0513. The van der Waals surface area contributed by atoms with Crippen molar-refractivity contribution in [2.24, 2.45) is 0 Å². The fourth-order valence-corrected chi connectivity index (χ4v) is 7.72. The lowest BCUT2D eigenvalue weighted by Crippen LogP contribution is -2.13. The van der Waals surface area contributed by atoms with Gasteiger partial charge in [0.05, 0.1) is 32.2 Å². The van der Waals surface area contributed by atoms with Crippen molar-refractivity contribution in [3.63, 3.8) is 0 Å². The second kappa shape index (κ2) is 10.8. The Morgan fingerprint density at radius 2 is 1.08 bits per heavy atom. The summed E-state index contributed by atoms with van der Waals surface area (Å²) in [6.45, 7) is 0. The van der Waals surface area contributed by atoms with Crippen molar-refractivity contribution in [2.75, 3.05) is 0 Å². The lowest BCUT2D eigenvalue weighted by atomic mass is 10.0. The van der Waals surface area contributed by atoms with Gasteiger partial charge in [0.1, 0.15) is 0 Å². The Labute approximate surface area is 283 Å². The number of hydrogen-bond acceptors (Lipinski definition) is 6. The van der Waals surface area contributed by atoms with Crippen LogP contribution in [0.3, 0.4) is 0 Å². The number of fused-ring (bicyclic) bond motifs is 7. The maximum Gasteiger partial charge on any atom is 0.266 e. The molecule has 4 heterocycles. The van der Waals surface area contributed by atoms with Crippen LogP contribution in [0.25, 0.3) is 87.7 Å². The second-order valence-corrected chi connectivity index (χ2v) is 12.9. The zero-order chi connectivity index (χ0) is 32.5. The number of para-hydroxylation sites is 2. The Morgan fingerprint density at radius 1 is 0.469 bits per heavy atom. The van der Waals surface area contributed by atoms with Gasteiger partial charge in [-0.2, -0.15) is 9.97 Å². The molecule has 0 unspecified atom stereocenters. The molecule has 7 nitrogen and oxygen atoms in total. The van der Waals surface area contributed by atoms with Crippen LogP contribution in [0, 0.1) is 0 Å². The summed E-state index contributed by atoms with van der Waals surface area (Å²) in [7, 11) is 0. The fraction of sp³-hybridized carbons (Fsp3) is 0. The molecule has 10 rings (SSSR count). The van der Waals surface area contributed by atoms with Crippen LogP contribution >= 0.6 is 11.3 Å². The Kier molecular flexibility index (Phi) is 6.06. The molecule has 0 spiro atoms. The molecule has 0 aliphatic carbocycles. The van der Waals surface area contributed by atoms with Crippen LogP contribution in [0.2, 0.25) is 0 Å². The average molecular weight is 649 g/mol. The molecular formula is C41H24N6OS. The van der Waals surface area contributed by atoms with Gasteiger partial charge in [0.25, 0.3) is 5.56 Å². The predicted molar refractivity (Wildman–Crippen MR) is 198 cm³/mol. The Morgan fingerprint density at radius 3 is 1.84 bits per heavy atom. The molecule has 6 aromatic carbocycles. The van der Waals surface area contributed by atoms with Crippen LogP contribution in [0.4, 0.5) is 0 Å². The van der Waals surface area contributed by atoms with Gasteiger partial charge in [-0.15, -0.1) is 0 Å². The lowest BCUT2D eigenvalue weighted by molar-refractivity contribution is 0.953. The quantitative estimate of drug-likeness (QED) is 0.190. The first-order chi connectivity index (χ1) is 24.2. The van der Waals surface area contributed by atoms with Gasteiger partial charge >= 0.3 is 0 Å². The third-order valence-corrected chi connectivity index (χ3v) is 10.1. The van der Waals surface area contributed by atoms with E-state index in [2.05, 4.69) is 59.2 Å². The van der Waals surface area contributed by atoms with E-state index in [1.807, 2.05) is 91.0 Å². The van der Waals surface area contributed by atoms with E-state index in [9.17, 15) is 4.79 Å². The zero-order valence-corrected chi connectivity index (χ0v) is 26.7. The summed E-state index contributed by atoms with van der Waals surface area (Å²) in [5.41, 5.74) is 7.42. The van der Waals surface area contributed by atoms with Crippen molar-refractivity contribution in [1.82, 2.24) is 28.9 Å². The van der Waals surface area contributed by atoms with Gasteiger partial charge in [-0.3, -0.25) is 13.8 Å². The van der Waals surface area contributed by atoms with E-state index in [-0.39, 0.29) is 5.56 Å². The summed E-state index contributed by atoms with van der Waals surface area (Å²) in [6, 6.07) is 48.7. The van der Waals surface area contributed by atoms with Gasteiger partial charge in [0.2, 0.25) is 5.95 Å². The maximum absolute atomic E-state index is 13.6. The Bertz CT molecular complexity index is 2910. The molecule has 0 aliphatic heterocycles. The number of rotatable bonds is 4. The van der Waals surface area contributed by atoms with Crippen molar-refractivity contribution >= 4 is 59.2 Å². The topological polar surface area (TPSA) is 78.0 Å². The van der Waals surface area contributed by atoms with Crippen LogP contribution < -0.4 is 5.56 Å². The molecule has 0 N–H and O–H groups in total. The third kappa shape index (κ3) is 4.38. The van der Waals surface area contributed by atoms with Gasteiger partial charge in [-0.25, -0.2) is 9.97 Å². The van der Waals surface area contributed by atoms with E-state index >= 15 is 0 Å². The predicted octanol–water partition coefficient (Wildman–Crippen LogP) is 9.35. The molecule has 0 bridgehead atoms. The SMILES string of the molecule is O=c1c2ccccc2nc2sc3ccc(-c4ccc5c(c4)c4ccccc4n5-c4nc(-c5ccccc5)nc(-c5ccccc5)n4)cc3n12. The highest BCUT2D eigenvalue weighted by Crippen LogP contribution is 2.36. The standard InChI is InChI=1S/C41H24N6OS/c48-39-30-16-7-9-17-32(30)42-41-47(39)35-24-28(20-22-36(35)49-41)27-19-21-34-31(23-27)29-15-8-10-18-33(29)46(34)40-44-37(25-11-3-1-4-12-25)43-38(45-40)26-13-5-2-6-14-26/h1-24H. The molecule has 0 amide bonds. The van der Waals surface area contributed by atoms with Gasteiger partial charge in [-0.1, -0.05) is 114 Å². The monoisotopic (exact) mass is 648 g/mol. The van der Waals surface area contributed by atoms with E-state index in [1.165, 1.54) is 11.3 Å². The highest BCUT2D eigenvalue weighted by Gasteiger charge is 2.19. The highest BCUT2D eigenvalue weighted by atomic mass is 32.1. The van der Waals surface area contributed by atoms with Gasteiger partial charge in [0.15, 0.2) is 16.6 Å². The first-order valence-corrected chi connectivity index (χ1v) is 16.8. The molecule has 0 atom stereocenters. The van der Waals surface area contributed by atoms with Crippen molar-refractivity contribution in [1.29, 1.82) is 0 Å². The summed E-state index contributed by atoms with van der Waals surface area (Å²) in [5, 5.41) is 2.79. The largest absolute Gasteiger partial charge is 0.278 e. The van der Waals surface area contributed by atoms with Crippen molar-refractivity contribution < 1.29 is 0 Å². The van der Waals surface area contributed by atoms with E-state index in [4.69, 9.17) is 19.9 Å². The molecule has 0 radical (unpaired) electrons. The molecule has 230 valence electrons. The van der Waals surface area contributed by atoms with Crippen LogP contribution in [0.15, 0.2) is 150 Å². The van der Waals surface area contributed by atoms with Gasteiger partial charge in [0, 0.05) is 21.9 Å². The average Bonchev–Trinajstić information content (AvgIpc) is 3.70. The molecule has 49 heavy (non-hydrogen) atoms. The normalized spacial score (nSPS) is 11.8. The van der Waals surface area contributed by atoms with Crippen LogP contribution in [-0.2, 0) is 0 Å². The summed E-state index contributed by atoms with van der Waals surface area (Å²) in [6.07, 6.45) is 0. The number of benzene rings is 6. The van der Waals surface area contributed by atoms with Crippen LogP contribution in [0.1, 0.15) is 0 Å².